The summed E-state index contributed by atoms with van der Waals surface area (Å²) in [4.78, 5) is 20.5. The Labute approximate surface area is 182 Å². The molecule has 0 aromatic heterocycles. The molecule has 2 aromatic carbocycles. The number of carbonyl (C=O) groups excluding carboxylic acids is 1. The number of carbonyl (C=O) groups is 1. The summed E-state index contributed by atoms with van der Waals surface area (Å²) in [6, 6.07) is 15.6. The summed E-state index contributed by atoms with van der Waals surface area (Å²) in [7, 11) is 0. The zero-order chi connectivity index (χ0) is 20.5. The minimum Gasteiger partial charge on any atom is -0.365 e. The first-order valence-corrected chi connectivity index (χ1v) is 12.0. The van der Waals surface area contributed by atoms with Gasteiger partial charge >= 0.3 is 0 Å². The number of para-hydroxylation sites is 1. The quantitative estimate of drug-likeness (QED) is 0.754. The van der Waals surface area contributed by atoms with Gasteiger partial charge in [0.05, 0.1) is 12.0 Å². The van der Waals surface area contributed by atoms with Crippen molar-refractivity contribution in [3.63, 3.8) is 0 Å². The van der Waals surface area contributed by atoms with Crippen LogP contribution in [0.1, 0.15) is 11.1 Å². The predicted octanol–water partition coefficient (Wildman–Crippen LogP) is 3.26. The first kappa shape index (κ1) is 19.9. The Kier molecular flexibility index (Phi) is 5.70. The fourth-order valence-electron chi connectivity index (χ4n) is 5.11. The van der Waals surface area contributed by atoms with Crippen LogP contribution >= 0.6 is 11.8 Å². The van der Waals surface area contributed by atoms with E-state index in [1.54, 1.807) is 0 Å². The van der Waals surface area contributed by atoms with Gasteiger partial charge in [0, 0.05) is 56.5 Å². The minimum atomic E-state index is -0.196. The Balaban J connectivity index is 1.39. The molecule has 2 atom stereocenters. The second kappa shape index (κ2) is 8.60. The number of hydrogen-bond acceptors (Lipinski definition) is 4. The van der Waals surface area contributed by atoms with Gasteiger partial charge < -0.3 is 9.80 Å². The van der Waals surface area contributed by atoms with Crippen molar-refractivity contribution in [2.75, 3.05) is 49.1 Å². The molecular formula is C24H28FN3OS. The monoisotopic (exact) mass is 425 g/mol. The molecule has 2 saturated heterocycles. The van der Waals surface area contributed by atoms with Crippen molar-refractivity contribution in [1.29, 1.82) is 0 Å². The fourth-order valence-corrected chi connectivity index (χ4v) is 6.01. The predicted molar refractivity (Wildman–Crippen MR) is 120 cm³/mol. The lowest BCUT2D eigenvalue weighted by molar-refractivity contribution is -0.136. The van der Waals surface area contributed by atoms with Crippen LogP contribution in [0.25, 0.3) is 0 Å². The second-order valence-corrected chi connectivity index (χ2v) is 9.72. The molecule has 0 saturated carbocycles. The van der Waals surface area contributed by atoms with E-state index >= 15 is 0 Å². The first-order valence-electron chi connectivity index (χ1n) is 10.9. The number of rotatable bonds is 3. The zero-order valence-corrected chi connectivity index (χ0v) is 18.0. The molecule has 158 valence electrons. The molecule has 2 aromatic rings. The molecule has 3 aliphatic rings. The van der Waals surface area contributed by atoms with E-state index in [2.05, 4.69) is 39.0 Å². The minimum absolute atomic E-state index is 0.000909. The maximum absolute atomic E-state index is 13.6. The molecule has 6 heteroatoms. The van der Waals surface area contributed by atoms with Crippen LogP contribution in [0.3, 0.4) is 0 Å². The van der Waals surface area contributed by atoms with E-state index in [4.69, 9.17) is 0 Å². The summed E-state index contributed by atoms with van der Waals surface area (Å²) in [5.74, 6) is 2.21. The summed E-state index contributed by atoms with van der Waals surface area (Å²) in [6.45, 7) is 5.27. The van der Waals surface area contributed by atoms with Crippen molar-refractivity contribution in [1.82, 2.24) is 9.80 Å². The van der Waals surface area contributed by atoms with Crippen LogP contribution in [0.4, 0.5) is 10.1 Å². The van der Waals surface area contributed by atoms with Crippen LogP contribution in [-0.2, 0) is 17.8 Å². The summed E-state index contributed by atoms with van der Waals surface area (Å²) >= 11 is 1.94. The van der Waals surface area contributed by atoms with Crippen molar-refractivity contribution in [2.24, 2.45) is 5.92 Å². The average molecular weight is 426 g/mol. The van der Waals surface area contributed by atoms with Gasteiger partial charge in [-0.15, -0.1) is 0 Å². The highest BCUT2D eigenvalue weighted by Gasteiger charge is 2.42. The Morgan fingerprint density at radius 2 is 1.77 bits per heavy atom. The molecule has 0 aliphatic carbocycles. The number of thioether (sulfide) groups is 1. The van der Waals surface area contributed by atoms with Crippen molar-refractivity contribution < 1.29 is 9.18 Å². The van der Waals surface area contributed by atoms with Gasteiger partial charge in [-0.1, -0.05) is 30.3 Å². The van der Waals surface area contributed by atoms with Gasteiger partial charge in [0.25, 0.3) is 0 Å². The fraction of sp³-hybridized carbons (Fsp3) is 0.458. The highest BCUT2D eigenvalue weighted by molar-refractivity contribution is 7.99. The van der Waals surface area contributed by atoms with Gasteiger partial charge in [-0.05, 0) is 35.7 Å². The smallest absolute Gasteiger partial charge is 0.228 e. The molecule has 0 spiro atoms. The molecule has 0 bridgehead atoms. The third-order valence-corrected chi connectivity index (χ3v) is 7.61. The molecule has 5 rings (SSSR count). The lowest BCUT2D eigenvalue weighted by Gasteiger charge is -2.50. The molecule has 30 heavy (non-hydrogen) atoms. The number of anilines is 1. The molecule has 3 aliphatic heterocycles. The van der Waals surface area contributed by atoms with Gasteiger partial charge in [0.15, 0.2) is 0 Å². The van der Waals surface area contributed by atoms with E-state index in [9.17, 15) is 9.18 Å². The molecular weight excluding hydrogens is 397 g/mol. The Hall–Kier alpha value is -2.05. The third-order valence-electron chi connectivity index (χ3n) is 6.67. The zero-order valence-electron chi connectivity index (χ0n) is 17.2. The van der Waals surface area contributed by atoms with Crippen molar-refractivity contribution >= 4 is 23.4 Å². The number of benzene rings is 2. The van der Waals surface area contributed by atoms with Crippen LogP contribution in [0.5, 0.6) is 0 Å². The maximum Gasteiger partial charge on any atom is 0.228 e. The lowest BCUT2D eigenvalue weighted by atomic mass is 9.83. The van der Waals surface area contributed by atoms with Gasteiger partial charge in [-0.25, -0.2) is 4.39 Å². The van der Waals surface area contributed by atoms with Crippen molar-refractivity contribution in [2.45, 2.75) is 19.0 Å². The van der Waals surface area contributed by atoms with Crippen molar-refractivity contribution in [3.8, 4) is 0 Å². The highest BCUT2D eigenvalue weighted by atomic mass is 32.2. The maximum atomic E-state index is 13.6. The number of hydrogen-bond donors (Lipinski definition) is 0. The highest BCUT2D eigenvalue weighted by Crippen LogP contribution is 2.37. The van der Waals surface area contributed by atoms with Crippen LogP contribution in [0.15, 0.2) is 48.5 Å². The number of amides is 1. The third kappa shape index (κ3) is 3.95. The topological polar surface area (TPSA) is 26.8 Å². The molecule has 0 N–H and O–H groups in total. The normalized spacial score (nSPS) is 24.3. The standard InChI is InChI=1S/C24H28FN3OS/c25-20-7-5-18(6-8-20)16-26-9-10-28-22-4-2-1-3-19(22)15-21(23(28)17-26)24(29)27-11-13-30-14-12-27/h1-8,21,23H,9-17H2/t21-,23-/m1/s1. The number of fused-ring (bicyclic) bond motifs is 3. The van der Waals surface area contributed by atoms with Crippen molar-refractivity contribution in [3.05, 3.63) is 65.5 Å². The molecule has 2 fully saturated rings. The van der Waals surface area contributed by atoms with Gasteiger partial charge in [0.1, 0.15) is 5.82 Å². The Bertz CT molecular complexity index is 900. The van der Waals surface area contributed by atoms with Crippen LogP contribution in [0.2, 0.25) is 0 Å². The summed E-state index contributed by atoms with van der Waals surface area (Å²) in [5, 5.41) is 0. The average Bonchev–Trinajstić information content (AvgIpc) is 2.80. The van der Waals surface area contributed by atoms with E-state index in [-0.39, 0.29) is 17.8 Å². The number of piperazine rings is 1. The number of nitrogens with zero attached hydrogens (tertiary/aromatic N) is 3. The van der Waals surface area contributed by atoms with Crippen LogP contribution in [0, 0.1) is 11.7 Å². The Morgan fingerprint density at radius 3 is 2.57 bits per heavy atom. The van der Waals surface area contributed by atoms with E-state index < -0.39 is 0 Å². The molecule has 4 nitrogen and oxygen atoms in total. The second-order valence-electron chi connectivity index (χ2n) is 8.50. The Morgan fingerprint density at radius 1 is 1.00 bits per heavy atom. The van der Waals surface area contributed by atoms with E-state index in [0.29, 0.717) is 5.91 Å². The summed E-state index contributed by atoms with van der Waals surface area (Å²) < 4.78 is 13.3. The first-order chi connectivity index (χ1) is 14.7. The lowest BCUT2D eigenvalue weighted by Crippen LogP contribution is -2.61. The van der Waals surface area contributed by atoms with E-state index in [0.717, 1.165) is 62.8 Å². The largest absolute Gasteiger partial charge is 0.365 e. The molecule has 0 radical (unpaired) electrons. The van der Waals surface area contributed by atoms with Gasteiger partial charge in [-0.2, -0.15) is 11.8 Å². The molecule has 1 amide bonds. The SMILES string of the molecule is O=C([C@@H]1Cc2ccccc2N2CCN(Cc3ccc(F)cc3)C[C@H]12)N1CCSCC1. The summed E-state index contributed by atoms with van der Waals surface area (Å²) in [5.41, 5.74) is 3.71. The van der Waals surface area contributed by atoms with E-state index in [1.807, 2.05) is 23.9 Å². The summed E-state index contributed by atoms with van der Waals surface area (Å²) in [6.07, 6.45) is 0.824. The van der Waals surface area contributed by atoms with Gasteiger partial charge in [0.2, 0.25) is 5.91 Å². The van der Waals surface area contributed by atoms with Crippen LogP contribution < -0.4 is 4.90 Å². The van der Waals surface area contributed by atoms with Gasteiger partial charge in [-0.3, -0.25) is 9.69 Å². The molecule has 3 heterocycles. The molecule has 0 unspecified atom stereocenters. The van der Waals surface area contributed by atoms with Crippen LogP contribution in [-0.4, -0.2) is 66.0 Å². The number of halogens is 1. The van der Waals surface area contributed by atoms with E-state index in [1.165, 1.54) is 23.4 Å².